The lowest BCUT2D eigenvalue weighted by Crippen LogP contribution is -2.08. The maximum atomic E-state index is 5.63. The highest BCUT2D eigenvalue weighted by Gasteiger charge is 2.10. The van der Waals surface area contributed by atoms with Crippen molar-refractivity contribution in [2.75, 3.05) is 6.61 Å². The Morgan fingerprint density at radius 2 is 1.78 bits per heavy atom. The van der Waals surface area contributed by atoms with Gasteiger partial charge in [-0.05, 0) is 47.2 Å². The predicted molar refractivity (Wildman–Crippen MR) is 73.6 cm³/mol. The van der Waals surface area contributed by atoms with Crippen molar-refractivity contribution in [3.8, 4) is 16.9 Å². The SMILES string of the molecule is NCc1ccc(-c2ccc3c(c2)CCCO3)cc1. The summed E-state index contributed by atoms with van der Waals surface area (Å²) in [6, 6.07) is 14.9. The fourth-order valence-electron chi connectivity index (χ4n) is 2.37. The van der Waals surface area contributed by atoms with Crippen LogP contribution in [-0.4, -0.2) is 6.61 Å². The first-order valence-electron chi connectivity index (χ1n) is 6.42. The highest BCUT2D eigenvalue weighted by molar-refractivity contribution is 5.66. The number of fused-ring (bicyclic) bond motifs is 1. The molecule has 0 fully saturated rings. The van der Waals surface area contributed by atoms with Gasteiger partial charge < -0.3 is 10.5 Å². The maximum absolute atomic E-state index is 5.63. The average Bonchev–Trinajstić information content (AvgIpc) is 2.47. The summed E-state index contributed by atoms with van der Waals surface area (Å²) < 4.78 is 5.63. The molecule has 2 N–H and O–H groups in total. The Morgan fingerprint density at radius 3 is 2.56 bits per heavy atom. The van der Waals surface area contributed by atoms with E-state index in [1.165, 1.54) is 22.3 Å². The molecule has 0 bridgehead atoms. The Kier molecular flexibility index (Phi) is 3.03. The van der Waals surface area contributed by atoms with Gasteiger partial charge in [-0.25, -0.2) is 0 Å². The van der Waals surface area contributed by atoms with Gasteiger partial charge in [-0.1, -0.05) is 30.3 Å². The van der Waals surface area contributed by atoms with Crippen LogP contribution in [0.4, 0.5) is 0 Å². The van der Waals surface area contributed by atoms with E-state index in [0.29, 0.717) is 6.54 Å². The van der Waals surface area contributed by atoms with E-state index in [1.54, 1.807) is 0 Å². The van der Waals surface area contributed by atoms with Crippen molar-refractivity contribution in [1.82, 2.24) is 0 Å². The molecular weight excluding hydrogens is 222 g/mol. The van der Waals surface area contributed by atoms with Gasteiger partial charge in [0.2, 0.25) is 0 Å². The molecule has 0 unspecified atom stereocenters. The molecule has 1 aliphatic heterocycles. The van der Waals surface area contributed by atoms with E-state index < -0.39 is 0 Å². The van der Waals surface area contributed by atoms with Crippen LogP contribution in [0.2, 0.25) is 0 Å². The minimum atomic E-state index is 0.596. The lowest BCUT2D eigenvalue weighted by Gasteiger charge is -2.18. The van der Waals surface area contributed by atoms with Gasteiger partial charge in [-0.3, -0.25) is 0 Å². The molecule has 0 aliphatic carbocycles. The van der Waals surface area contributed by atoms with Gasteiger partial charge in [0.05, 0.1) is 6.61 Å². The molecule has 0 atom stereocenters. The molecule has 2 heteroatoms. The van der Waals surface area contributed by atoms with Gasteiger partial charge in [-0.15, -0.1) is 0 Å². The summed E-state index contributed by atoms with van der Waals surface area (Å²) in [6.45, 7) is 1.44. The van der Waals surface area contributed by atoms with Gasteiger partial charge in [0.25, 0.3) is 0 Å². The first-order chi connectivity index (χ1) is 8.86. The number of ether oxygens (including phenoxy) is 1. The summed E-state index contributed by atoms with van der Waals surface area (Å²) in [4.78, 5) is 0. The van der Waals surface area contributed by atoms with E-state index in [9.17, 15) is 0 Å². The van der Waals surface area contributed by atoms with Crippen LogP contribution in [0.1, 0.15) is 17.5 Å². The van der Waals surface area contributed by atoms with Crippen molar-refractivity contribution in [1.29, 1.82) is 0 Å². The fourth-order valence-corrected chi connectivity index (χ4v) is 2.37. The third-order valence-electron chi connectivity index (χ3n) is 3.43. The molecule has 0 amide bonds. The average molecular weight is 239 g/mol. The molecule has 3 rings (SSSR count). The summed E-state index contributed by atoms with van der Waals surface area (Å²) in [5.74, 6) is 1.04. The Bertz CT molecular complexity index is 546. The standard InChI is InChI=1S/C16H17NO/c17-11-12-3-5-13(6-4-12)14-7-8-16-15(10-14)2-1-9-18-16/h3-8,10H,1-2,9,11,17H2. The van der Waals surface area contributed by atoms with Gasteiger partial charge in [0.15, 0.2) is 0 Å². The van der Waals surface area contributed by atoms with Gasteiger partial charge >= 0.3 is 0 Å². The zero-order valence-corrected chi connectivity index (χ0v) is 10.4. The van der Waals surface area contributed by atoms with Crippen molar-refractivity contribution in [2.24, 2.45) is 5.73 Å². The second-order valence-corrected chi connectivity index (χ2v) is 4.68. The van der Waals surface area contributed by atoms with Gasteiger partial charge in [0.1, 0.15) is 5.75 Å². The quantitative estimate of drug-likeness (QED) is 0.873. The van der Waals surface area contributed by atoms with E-state index in [4.69, 9.17) is 10.5 Å². The molecule has 2 nitrogen and oxygen atoms in total. The van der Waals surface area contributed by atoms with Crippen LogP contribution in [0.25, 0.3) is 11.1 Å². The maximum Gasteiger partial charge on any atom is 0.122 e. The zero-order valence-electron chi connectivity index (χ0n) is 10.4. The fraction of sp³-hybridized carbons (Fsp3) is 0.250. The largest absolute Gasteiger partial charge is 0.493 e. The molecule has 2 aromatic carbocycles. The van der Waals surface area contributed by atoms with Crippen LogP contribution < -0.4 is 10.5 Å². The number of nitrogens with two attached hydrogens (primary N) is 1. The van der Waals surface area contributed by atoms with Crippen LogP contribution in [-0.2, 0) is 13.0 Å². The minimum Gasteiger partial charge on any atom is -0.493 e. The Hall–Kier alpha value is -1.80. The lowest BCUT2D eigenvalue weighted by molar-refractivity contribution is 0.288. The third-order valence-corrected chi connectivity index (χ3v) is 3.43. The summed E-state index contributed by atoms with van der Waals surface area (Å²) in [5.41, 5.74) is 10.6. The smallest absolute Gasteiger partial charge is 0.122 e. The number of hydrogen-bond donors (Lipinski definition) is 1. The van der Waals surface area contributed by atoms with Crippen LogP contribution in [0, 0.1) is 0 Å². The third kappa shape index (κ3) is 2.12. The zero-order chi connectivity index (χ0) is 12.4. The highest BCUT2D eigenvalue weighted by atomic mass is 16.5. The van der Waals surface area contributed by atoms with E-state index in [-0.39, 0.29) is 0 Å². The number of rotatable bonds is 2. The molecule has 0 aromatic heterocycles. The van der Waals surface area contributed by atoms with Crippen LogP contribution in [0.3, 0.4) is 0 Å². The van der Waals surface area contributed by atoms with E-state index in [1.807, 2.05) is 0 Å². The molecule has 18 heavy (non-hydrogen) atoms. The first-order valence-corrected chi connectivity index (χ1v) is 6.42. The normalized spacial score (nSPS) is 13.8. The Labute approximate surface area is 107 Å². The first kappa shape index (κ1) is 11.3. The van der Waals surface area contributed by atoms with Crippen LogP contribution >= 0.6 is 0 Å². The molecule has 0 saturated heterocycles. The summed E-state index contributed by atoms with van der Waals surface area (Å²) >= 11 is 0. The molecule has 2 aromatic rings. The van der Waals surface area contributed by atoms with E-state index in [2.05, 4.69) is 42.5 Å². The molecule has 1 heterocycles. The molecule has 92 valence electrons. The summed E-state index contributed by atoms with van der Waals surface area (Å²) in [7, 11) is 0. The summed E-state index contributed by atoms with van der Waals surface area (Å²) in [5, 5.41) is 0. The van der Waals surface area contributed by atoms with Crippen molar-refractivity contribution in [3.05, 3.63) is 53.6 Å². The van der Waals surface area contributed by atoms with E-state index >= 15 is 0 Å². The minimum absolute atomic E-state index is 0.596. The molecule has 0 saturated carbocycles. The highest BCUT2D eigenvalue weighted by Crippen LogP contribution is 2.30. The topological polar surface area (TPSA) is 35.2 Å². The molecule has 0 radical (unpaired) electrons. The van der Waals surface area contributed by atoms with Crippen molar-refractivity contribution >= 4 is 0 Å². The second kappa shape index (κ2) is 4.83. The van der Waals surface area contributed by atoms with Crippen molar-refractivity contribution in [3.63, 3.8) is 0 Å². The predicted octanol–water partition coefficient (Wildman–Crippen LogP) is 3.14. The van der Waals surface area contributed by atoms with Crippen molar-refractivity contribution < 1.29 is 4.74 Å². The molecule has 0 spiro atoms. The Morgan fingerprint density at radius 1 is 1.00 bits per heavy atom. The van der Waals surface area contributed by atoms with Crippen LogP contribution in [0.15, 0.2) is 42.5 Å². The van der Waals surface area contributed by atoms with Gasteiger partial charge in [-0.2, -0.15) is 0 Å². The molecule has 1 aliphatic rings. The summed E-state index contributed by atoms with van der Waals surface area (Å²) in [6.07, 6.45) is 2.23. The number of benzene rings is 2. The second-order valence-electron chi connectivity index (χ2n) is 4.68. The van der Waals surface area contributed by atoms with Crippen LogP contribution in [0.5, 0.6) is 5.75 Å². The van der Waals surface area contributed by atoms with E-state index in [0.717, 1.165) is 25.2 Å². The number of hydrogen-bond acceptors (Lipinski definition) is 2. The molecular formula is C16H17NO. The van der Waals surface area contributed by atoms with Gasteiger partial charge in [0, 0.05) is 6.54 Å². The number of aryl methyl sites for hydroxylation is 1. The monoisotopic (exact) mass is 239 g/mol. The van der Waals surface area contributed by atoms with Crippen molar-refractivity contribution in [2.45, 2.75) is 19.4 Å². The Balaban J connectivity index is 1.95. The lowest BCUT2D eigenvalue weighted by atomic mass is 9.98.